The Morgan fingerprint density at radius 1 is 1.10 bits per heavy atom. The van der Waals surface area contributed by atoms with E-state index in [1.807, 2.05) is 19.1 Å². The molecule has 1 saturated heterocycles. The lowest BCUT2D eigenvalue weighted by atomic mass is 9.89. The number of carbonyl (C=O) groups is 1. The van der Waals surface area contributed by atoms with Gasteiger partial charge in [0.2, 0.25) is 0 Å². The van der Waals surface area contributed by atoms with Crippen LogP contribution in [0.4, 0.5) is 0 Å². The third-order valence-corrected chi connectivity index (χ3v) is 5.86. The molecule has 5 nitrogen and oxygen atoms in total. The Labute approximate surface area is 184 Å². The summed E-state index contributed by atoms with van der Waals surface area (Å²) in [4.78, 5) is 14.5. The molecule has 5 heteroatoms. The van der Waals surface area contributed by atoms with Gasteiger partial charge in [-0.05, 0) is 68.1 Å². The van der Waals surface area contributed by atoms with E-state index in [1.165, 1.54) is 36.5 Å². The van der Waals surface area contributed by atoms with Crippen LogP contribution in [0.25, 0.3) is 0 Å². The predicted molar refractivity (Wildman–Crippen MR) is 121 cm³/mol. The molecule has 2 aromatic carbocycles. The van der Waals surface area contributed by atoms with Crippen molar-refractivity contribution in [3.05, 3.63) is 89.9 Å². The van der Waals surface area contributed by atoms with Crippen LogP contribution in [0.2, 0.25) is 0 Å². The fourth-order valence-electron chi connectivity index (χ4n) is 4.09. The lowest BCUT2D eigenvalue weighted by molar-refractivity contribution is 0.0931. The van der Waals surface area contributed by atoms with Crippen LogP contribution >= 0.6 is 0 Å². The lowest BCUT2D eigenvalue weighted by Crippen LogP contribution is -2.33. The molecular formula is C26H30N2O3. The zero-order valence-corrected chi connectivity index (χ0v) is 18.0. The Kier molecular flexibility index (Phi) is 7.05. The lowest BCUT2D eigenvalue weighted by Gasteiger charge is -2.32. The molecule has 0 bridgehead atoms. The summed E-state index contributed by atoms with van der Waals surface area (Å²) >= 11 is 0. The van der Waals surface area contributed by atoms with E-state index in [0.29, 0.717) is 18.0 Å². The second-order valence-electron chi connectivity index (χ2n) is 8.26. The van der Waals surface area contributed by atoms with Crippen molar-refractivity contribution in [1.29, 1.82) is 0 Å². The van der Waals surface area contributed by atoms with Gasteiger partial charge in [-0.15, -0.1) is 0 Å². The maximum absolute atomic E-state index is 12.0. The molecule has 1 aliphatic rings. The Balaban J connectivity index is 1.20. The van der Waals surface area contributed by atoms with E-state index in [9.17, 15) is 4.79 Å². The van der Waals surface area contributed by atoms with Crippen molar-refractivity contribution in [3.63, 3.8) is 0 Å². The highest BCUT2D eigenvalue weighted by atomic mass is 16.5. The standard InChI is InChI=1S/C26H30N2O3/c1-20(17-27-26(29)24-13-16-30-19-24)31-25-9-7-21(8-10-25)18-28-14-11-23(12-15-28)22-5-3-2-4-6-22/h2-10,13,16,19-20,23H,11-12,14-15,17-18H2,1H3,(H,27,29). The van der Waals surface area contributed by atoms with Gasteiger partial charge in [0.25, 0.3) is 5.91 Å². The summed E-state index contributed by atoms with van der Waals surface area (Å²) in [6, 6.07) is 20.8. The van der Waals surface area contributed by atoms with E-state index in [1.54, 1.807) is 6.07 Å². The molecule has 1 unspecified atom stereocenters. The maximum Gasteiger partial charge on any atom is 0.254 e. The first-order valence-corrected chi connectivity index (χ1v) is 11.0. The van der Waals surface area contributed by atoms with Gasteiger partial charge in [-0.3, -0.25) is 9.69 Å². The molecule has 0 radical (unpaired) electrons. The van der Waals surface area contributed by atoms with Crippen LogP contribution in [0.15, 0.2) is 77.6 Å². The fourth-order valence-corrected chi connectivity index (χ4v) is 4.09. The molecule has 0 saturated carbocycles. The first-order chi connectivity index (χ1) is 15.2. The SMILES string of the molecule is CC(CNC(=O)c1ccoc1)Oc1ccc(CN2CCC(c3ccccc3)CC2)cc1. The number of piperidine rings is 1. The highest BCUT2D eigenvalue weighted by Gasteiger charge is 2.20. The number of rotatable bonds is 8. The fraction of sp³-hybridized carbons (Fsp3) is 0.346. The van der Waals surface area contributed by atoms with Crippen LogP contribution in [0.3, 0.4) is 0 Å². The van der Waals surface area contributed by atoms with Gasteiger partial charge in [0.05, 0.1) is 18.4 Å². The monoisotopic (exact) mass is 418 g/mol. The number of ether oxygens (including phenoxy) is 1. The molecule has 162 valence electrons. The quantitative estimate of drug-likeness (QED) is 0.568. The Hall–Kier alpha value is -3.05. The van der Waals surface area contributed by atoms with Crippen molar-refractivity contribution < 1.29 is 13.9 Å². The average Bonchev–Trinajstić information content (AvgIpc) is 3.35. The number of carbonyl (C=O) groups excluding carboxylic acids is 1. The topological polar surface area (TPSA) is 54.7 Å². The number of likely N-dealkylation sites (tertiary alicyclic amines) is 1. The zero-order chi connectivity index (χ0) is 21.5. The molecule has 1 aromatic heterocycles. The van der Waals surface area contributed by atoms with Gasteiger partial charge in [-0.2, -0.15) is 0 Å². The minimum Gasteiger partial charge on any atom is -0.489 e. The van der Waals surface area contributed by atoms with E-state index in [4.69, 9.17) is 9.15 Å². The van der Waals surface area contributed by atoms with E-state index in [-0.39, 0.29) is 12.0 Å². The summed E-state index contributed by atoms with van der Waals surface area (Å²) in [5, 5.41) is 2.86. The number of furan rings is 1. The summed E-state index contributed by atoms with van der Waals surface area (Å²) in [5.41, 5.74) is 3.29. The van der Waals surface area contributed by atoms with Gasteiger partial charge in [-0.25, -0.2) is 0 Å². The normalized spacial score (nSPS) is 16.0. The molecule has 4 rings (SSSR count). The molecule has 31 heavy (non-hydrogen) atoms. The molecule has 0 aliphatic carbocycles. The van der Waals surface area contributed by atoms with Crippen molar-refractivity contribution in [2.45, 2.75) is 38.3 Å². The largest absolute Gasteiger partial charge is 0.489 e. The minimum atomic E-state index is -0.157. The van der Waals surface area contributed by atoms with Crippen LogP contribution < -0.4 is 10.1 Å². The Bertz CT molecular complexity index is 931. The summed E-state index contributed by atoms with van der Waals surface area (Å²) in [6.45, 7) is 5.61. The van der Waals surface area contributed by atoms with Gasteiger partial charge in [0.1, 0.15) is 18.1 Å². The van der Waals surface area contributed by atoms with Crippen molar-refractivity contribution >= 4 is 5.91 Å². The second-order valence-corrected chi connectivity index (χ2v) is 8.26. The van der Waals surface area contributed by atoms with Crippen LogP contribution in [0, 0.1) is 0 Å². The first kappa shape index (κ1) is 21.2. The second kappa shape index (κ2) is 10.3. The summed E-state index contributed by atoms with van der Waals surface area (Å²) in [5.74, 6) is 1.34. The molecular weight excluding hydrogens is 388 g/mol. The smallest absolute Gasteiger partial charge is 0.254 e. The predicted octanol–water partition coefficient (Wildman–Crippen LogP) is 4.86. The summed E-state index contributed by atoms with van der Waals surface area (Å²) in [6.07, 6.45) is 5.23. The number of hydrogen-bond acceptors (Lipinski definition) is 4. The number of hydrogen-bond donors (Lipinski definition) is 1. The molecule has 1 fully saturated rings. The number of nitrogens with zero attached hydrogens (tertiary/aromatic N) is 1. The number of amides is 1. The summed E-state index contributed by atoms with van der Waals surface area (Å²) in [7, 11) is 0. The Morgan fingerprint density at radius 2 is 1.84 bits per heavy atom. The van der Waals surface area contributed by atoms with Gasteiger partial charge in [0, 0.05) is 6.54 Å². The molecule has 1 aliphatic heterocycles. The molecule has 1 amide bonds. The van der Waals surface area contributed by atoms with Crippen LogP contribution in [0.5, 0.6) is 5.75 Å². The molecule has 3 aromatic rings. The highest BCUT2D eigenvalue weighted by molar-refractivity contribution is 5.93. The Morgan fingerprint density at radius 3 is 2.52 bits per heavy atom. The molecule has 1 atom stereocenters. The van der Waals surface area contributed by atoms with E-state index in [2.05, 4.69) is 52.7 Å². The van der Waals surface area contributed by atoms with Gasteiger partial charge in [-0.1, -0.05) is 42.5 Å². The van der Waals surface area contributed by atoms with E-state index >= 15 is 0 Å². The zero-order valence-electron chi connectivity index (χ0n) is 18.0. The van der Waals surface area contributed by atoms with E-state index < -0.39 is 0 Å². The highest BCUT2D eigenvalue weighted by Crippen LogP contribution is 2.28. The van der Waals surface area contributed by atoms with Gasteiger partial charge in [0.15, 0.2) is 0 Å². The van der Waals surface area contributed by atoms with Crippen LogP contribution in [0.1, 0.15) is 47.2 Å². The van der Waals surface area contributed by atoms with Gasteiger partial charge < -0.3 is 14.5 Å². The molecule has 0 spiro atoms. The van der Waals surface area contributed by atoms with Crippen LogP contribution in [-0.4, -0.2) is 36.5 Å². The number of benzene rings is 2. The minimum absolute atomic E-state index is 0.126. The van der Waals surface area contributed by atoms with Crippen molar-refractivity contribution in [1.82, 2.24) is 10.2 Å². The van der Waals surface area contributed by atoms with Crippen molar-refractivity contribution in [2.24, 2.45) is 0 Å². The third-order valence-electron chi connectivity index (χ3n) is 5.86. The van der Waals surface area contributed by atoms with Crippen molar-refractivity contribution in [3.8, 4) is 5.75 Å². The van der Waals surface area contributed by atoms with Gasteiger partial charge >= 0.3 is 0 Å². The first-order valence-electron chi connectivity index (χ1n) is 11.0. The van der Waals surface area contributed by atoms with Crippen LogP contribution in [-0.2, 0) is 6.54 Å². The average molecular weight is 419 g/mol. The van der Waals surface area contributed by atoms with E-state index in [0.717, 1.165) is 25.4 Å². The number of nitrogens with one attached hydrogen (secondary N) is 1. The summed E-state index contributed by atoms with van der Waals surface area (Å²) < 4.78 is 10.9. The third kappa shape index (κ3) is 5.98. The van der Waals surface area contributed by atoms with Crippen molar-refractivity contribution in [2.75, 3.05) is 19.6 Å². The molecule has 1 N–H and O–H groups in total. The maximum atomic E-state index is 12.0. The molecule has 2 heterocycles.